The number of ether oxygens (including phenoxy) is 3. The van der Waals surface area contributed by atoms with Crippen molar-refractivity contribution < 1.29 is 33.7 Å². The van der Waals surface area contributed by atoms with Gasteiger partial charge in [-0.2, -0.15) is 0 Å². The highest BCUT2D eigenvalue weighted by molar-refractivity contribution is 5.87. The first-order valence-corrected chi connectivity index (χ1v) is 6.95. The van der Waals surface area contributed by atoms with Crippen molar-refractivity contribution in [3.8, 4) is 0 Å². The normalized spacial score (nSPS) is 25.4. The minimum atomic E-state index is -1.10. The molecule has 8 heteroatoms. The Bertz CT molecular complexity index is 417. The summed E-state index contributed by atoms with van der Waals surface area (Å²) in [6.07, 6.45) is -1.81. The number of carbonyl (C=O) groups excluding carboxylic acids is 3. The third-order valence-corrected chi connectivity index (χ3v) is 3.21. The molecular formula is C14H23NO7. The maximum absolute atomic E-state index is 12.4. The second-order valence-corrected chi connectivity index (χ2v) is 6.09. The molecular weight excluding hydrogens is 294 g/mol. The van der Waals surface area contributed by atoms with E-state index in [4.69, 9.17) is 4.74 Å². The number of hydrogen-bond acceptors (Lipinski definition) is 7. The zero-order valence-corrected chi connectivity index (χ0v) is 13.5. The smallest absolute Gasteiger partial charge is 0.411 e. The van der Waals surface area contributed by atoms with Crippen LogP contribution in [0, 0.1) is 0 Å². The summed E-state index contributed by atoms with van der Waals surface area (Å²) < 4.78 is 14.6. The number of likely N-dealkylation sites (tertiary alicyclic amines) is 1. The number of amides is 1. The molecule has 0 bridgehead atoms. The van der Waals surface area contributed by atoms with Crippen molar-refractivity contribution >= 4 is 18.0 Å². The van der Waals surface area contributed by atoms with Crippen molar-refractivity contribution in [1.29, 1.82) is 0 Å². The number of aliphatic hydroxyl groups excluding tert-OH is 1. The molecule has 1 fully saturated rings. The monoisotopic (exact) mass is 317 g/mol. The fourth-order valence-electron chi connectivity index (χ4n) is 2.32. The van der Waals surface area contributed by atoms with E-state index >= 15 is 0 Å². The Balaban J connectivity index is 3.15. The van der Waals surface area contributed by atoms with E-state index in [9.17, 15) is 19.5 Å². The Morgan fingerprint density at radius 3 is 1.73 bits per heavy atom. The first kappa shape index (κ1) is 18.2. The first-order valence-electron chi connectivity index (χ1n) is 6.95. The fourth-order valence-corrected chi connectivity index (χ4v) is 2.32. The van der Waals surface area contributed by atoms with Crippen molar-refractivity contribution in [2.75, 3.05) is 14.2 Å². The summed E-state index contributed by atoms with van der Waals surface area (Å²) in [4.78, 5) is 37.2. The van der Waals surface area contributed by atoms with Crippen LogP contribution in [0.2, 0.25) is 0 Å². The van der Waals surface area contributed by atoms with E-state index in [-0.39, 0.29) is 12.8 Å². The average Bonchev–Trinajstić information content (AvgIpc) is 2.42. The number of methoxy groups -OCH3 is 2. The predicted molar refractivity (Wildman–Crippen MR) is 74.9 cm³/mol. The van der Waals surface area contributed by atoms with Gasteiger partial charge in [0.25, 0.3) is 0 Å². The molecule has 1 N–H and O–H groups in total. The molecule has 22 heavy (non-hydrogen) atoms. The Morgan fingerprint density at radius 2 is 1.41 bits per heavy atom. The molecule has 1 aliphatic rings. The van der Waals surface area contributed by atoms with Crippen molar-refractivity contribution in [3.05, 3.63) is 0 Å². The van der Waals surface area contributed by atoms with Gasteiger partial charge in [-0.25, -0.2) is 14.4 Å². The Morgan fingerprint density at radius 1 is 1.00 bits per heavy atom. The van der Waals surface area contributed by atoms with E-state index < -0.39 is 41.8 Å². The zero-order valence-electron chi connectivity index (χ0n) is 13.5. The second kappa shape index (κ2) is 6.95. The SMILES string of the molecule is COC(=O)[C@H]1CC(O)C[C@@H](C(=O)OC)N1C(=O)OC(C)(C)C. The molecule has 0 aromatic carbocycles. The summed E-state index contributed by atoms with van der Waals surface area (Å²) in [6, 6.07) is -2.21. The van der Waals surface area contributed by atoms with Gasteiger partial charge in [0, 0.05) is 12.8 Å². The molecule has 1 aliphatic heterocycles. The molecule has 8 nitrogen and oxygen atoms in total. The lowest BCUT2D eigenvalue weighted by atomic mass is 9.93. The van der Waals surface area contributed by atoms with Crippen LogP contribution in [-0.2, 0) is 23.8 Å². The van der Waals surface area contributed by atoms with Gasteiger partial charge in [-0.1, -0.05) is 0 Å². The molecule has 0 aromatic rings. The lowest BCUT2D eigenvalue weighted by Gasteiger charge is -2.41. The number of hydrogen-bond donors (Lipinski definition) is 1. The largest absolute Gasteiger partial charge is 0.467 e. The van der Waals surface area contributed by atoms with Gasteiger partial charge in [0.15, 0.2) is 0 Å². The number of piperidine rings is 1. The van der Waals surface area contributed by atoms with Crippen LogP contribution in [0.15, 0.2) is 0 Å². The van der Waals surface area contributed by atoms with E-state index in [1.54, 1.807) is 20.8 Å². The quantitative estimate of drug-likeness (QED) is 0.583. The van der Waals surface area contributed by atoms with Crippen LogP contribution in [-0.4, -0.2) is 66.0 Å². The van der Waals surface area contributed by atoms with Crippen LogP contribution >= 0.6 is 0 Å². The van der Waals surface area contributed by atoms with Gasteiger partial charge >= 0.3 is 18.0 Å². The molecule has 0 radical (unpaired) electrons. The van der Waals surface area contributed by atoms with Crippen molar-refractivity contribution in [3.63, 3.8) is 0 Å². The van der Waals surface area contributed by atoms with Crippen LogP contribution in [0.4, 0.5) is 4.79 Å². The minimum Gasteiger partial charge on any atom is -0.467 e. The molecule has 3 atom stereocenters. The predicted octanol–water partition coefficient (Wildman–Crippen LogP) is 0.461. The number of nitrogens with zero attached hydrogens (tertiary/aromatic N) is 1. The molecule has 1 rings (SSSR count). The minimum absolute atomic E-state index is 0.0284. The number of esters is 2. The highest BCUT2D eigenvalue weighted by Crippen LogP contribution is 2.27. The summed E-state index contributed by atoms with van der Waals surface area (Å²) in [5, 5.41) is 9.88. The van der Waals surface area contributed by atoms with Crippen LogP contribution < -0.4 is 0 Å². The molecule has 1 heterocycles. The van der Waals surface area contributed by atoms with Gasteiger partial charge in [-0.3, -0.25) is 4.90 Å². The van der Waals surface area contributed by atoms with Gasteiger partial charge in [0.05, 0.1) is 20.3 Å². The number of aliphatic hydroxyl groups is 1. The van der Waals surface area contributed by atoms with Gasteiger partial charge < -0.3 is 19.3 Å². The molecule has 0 aliphatic carbocycles. The van der Waals surface area contributed by atoms with Crippen molar-refractivity contribution in [2.45, 2.75) is 57.4 Å². The van der Waals surface area contributed by atoms with E-state index in [0.717, 1.165) is 4.90 Å². The van der Waals surface area contributed by atoms with Crippen molar-refractivity contribution in [2.24, 2.45) is 0 Å². The standard InChI is InChI=1S/C14H23NO7/c1-14(2,3)22-13(19)15-9(11(17)20-4)6-8(16)7-10(15)12(18)21-5/h8-10,16H,6-7H2,1-5H3/t8?,9-,10+. The third kappa shape index (κ3) is 4.33. The Kier molecular flexibility index (Phi) is 5.76. The molecule has 1 saturated heterocycles. The average molecular weight is 317 g/mol. The van der Waals surface area contributed by atoms with E-state index in [1.807, 2.05) is 0 Å². The first-order chi connectivity index (χ1) is 10.1. The number of rotatable bonds is 2. The molecule has 0 spiro atoms. The highest BCUT2D eigenvalue weighted by atomic mass is 16.6. The zero-order chi connectivity index (χ0) is 17.1. The van der Waals surface area contributed by atoms with E-state index in [1.165, 1.54) is 14.2 Å². The van der Waals surface area contributed by atoms with Gasteiger partial charge in [0.1, 0.15) is 17.7 Å². The topological polar surface area (TPSA) is 102 Å². The maximum atomic E-state index is 12.4. The highest BCUT2D eigenvalue weighted by Gasteiger charge is 2.47. The summed E-state index contributed by atoms with van der Waals surface area (Å²) in [6.45, 7) is 5.01. The molecule has 0 saturated carbocycles. The van der Waals surface area contributed by atoms with Crippen LogP contribution in [0.25, 0.3) is 0 Å². The fraction of sp³-hybridized carbons (Fsp3) is 0.786. The van der Waals surface area contributed by atoms with Crippen molar-refractivity contribution in [1.82, 2.24) is 4.90 Å². The van der Waals surface area contributed by atoms with Crippen LogP contribution in [0.5, 0.6) is 0 Å². The van der Waals surface area contributed by atoms with E-state index in [2.05, 4.69) is 9.47 Å². The molecule has 1 amide bonds. The van der Waals surface area contributed by atoms with Crippen LogP contribution in [0.1, 0.15) is 33.6 Å². The third-order valence-electron chi connectivity index (χ3n) is 3.21. The summed E-state index contributed by atoms with van der Waals surface area (Å²) in [5.41, 5.74) is -0.797. The summed E-state index contributed by atoms with van der Waals surface area (Å²) in [5.74, 6) is -1.45. The van der Waals surface area contributed by atoms with Crippen LogP contribution in [0.3, 0.4) is 0 Å². The van der Waals surface area contributed by atoms with Gasteiger partial charge in [0.2, 0.25) is 0 Å². The molecule has 0 aromatic heterocycles. The Labute approximate surface area is 129 Å². The lowest BCUT2D eigenvalue weighted by Crippen LogP contribution is -2.60. The molecule has 126 valence electrons. The Hall–Kier alpha value is -1.83. The van der Waals surface area contributed by atoms with Gasteiger partial charge in [-0.15, -0.1) is 0 Å². The molecule has 1 unspecified atom stereocenters. The van der Waals surface area contributed by atoms with E-state index in [0.29, 0.717) is 0 Å². The second-order valence-electron chi connectivity index (χ2n) is 6.09. The summed E-state index contributed by atoms with van der Waals surface area (Å²) >= 11 is 0. The summed E-state index contributed by atoms with van der Waals surface area (Å²) in [7, 11) is 2.34. The lowest BCUT2D eigenvalue weighted by molar-refractivity contribution is -0.160. The van der Waals surface area contributed by atoms with Gasteiger partial charge in [-0.05, 0) is 20.8 Å². The maximum Gasteiger partial charge on any atom is 0.411 e. The number of carbonyl (C=O) groups is 3.